The van der Waals surface area contributed by atoms with E-state index in [0.717, 1.165) is 22.3 Å². The molecule has 0 aliphatic carbocycles. The Morgan fingerprint density at radius 1 is 0.537 bits per heavy atom. The Bertz CT molecular complexity index is 1580. The molecule has 0 aromatic heterocycles. The molecule has 1 atom stereocenters. The molecule has 0 aliphatic heterocycles. The van der Waals surface area contributed by atoms with Gasteiger partial charge >= 0.3 is 18.9 Å². The summed E-state index contributed by atoms with van der Waals surface area (Å²) < 4.78 is 19.0. The first-order valence-electron chi connectivity index (χ1n) is 13.1. The number of hydrogen-bond donors (Lipinski definition) is 0. The van der Waals surface area contributed by atoms with Gasteiger partial charge in [0, 0.05) is 17.7 Å². The van der Waals surface area contributed by atoms with Crippen molar-refractivity contribution < 1.29 is 37.9 Å². The topological polar surface area (TPSA) is 44.8 Å². The van der Waals surface area contributed by atoms with Crippen LogP contribution in [0.25, 0.3) is 0 Å². The van der Waals surface area contributed by atoms with Crippen LogP contribution in [0.3, 0.4) is 0 Å². The van der Waals surface area contributed by atoms with Crippen molar-refractivity contribution >= 4 is 19.4 Å². The maximum Gasteiger partial charge on any atom is 1.00 e. The van der Waals surface area contributed by atoms with Crippen LogP contribution in [-0.2, 0) is 0 Å². The van der Waals surface area contributed by atoms with Crippen LogP contribution in [0, 0.1) is 27.7 Å². The van der Waals surface area contributed by atoms with Crippen molar-refractivity contribution in [1.82, 2.24) is 0 Å². The second-order valence-corrected chi connectivity index (χ2v) is 10.8. The van der Waals surface area contributed by atoms with Crippen molar-refractivity contribution in [3.63, 3.8) is 0 Å². The molecule has 5 aromatic carbocycles. The first-order valence-corrected chi connectivity index (χ1v) is 14.1. The minimum Gasteiger partial charge on any atom is -0.457 e. The molecule has 0 saturated heterocycles. The van der Waals surface area contributed by atoms with Crippen LogP contribution in [0.4, 0.5) is 0 Å². The second-order valence-electron chi connectivity index (χ2n) is 9.63. The molecule has 5 aromatic rings. The number of para-hydroxylation sites is 3. The molecule has 0 amide bonds. The van der Waals surface area contributed by atoms with E-state index in [9.17, 15) is 4.79 Å². The quantitative estimate of drug-likeness (QED) is 0.156. The van der Waals surface area contributed by atoms with E-state index in [-0.39, 0.29) is 33.0 Å². The summed E-state index contributed by atoms with van der Waals surface area (Å²) in [5.74, 6) is 3.56. The summed E-state index contributed by atoms with van der Waals surface area (Å²) in [5.41, 5.74) is 5.08. The van der Waals surface area contributed by atoms with E-state index < -0.39 is 0 Å². The molecular weight excluding hydrogens is 522 g/mol. The summed E-state index contributed by atoms with van der Waals surface area (Å²) in [6.45, 7) is 8.16. The Morgan fingerprint density at radius 2 is 0.976 bits per heavy atom. The first-order chi connectivity index (χ1) is 19.4. The molecule has 5 rings (SSSR count). The third-order valence-corrected chi connectivity index (χ3v) is 8.00. The molecule has 4 nitrogen and oxygen atoms in total. The summed E-state index contributed by atoms with van der Waals surface area (Å²) in [7, 11) is -0.237. The van der Waals surface area contributed by atoms with Gasteiger partial charge in [0.2, 0.25) is 0 Å². The zero-order valence-corrected chi connectivity index (χ0v) is 25.0. The van der Waals surface area contributed by atoms with Gasteiger partial charge in [-0.15, -0.1) is 0 Å². The molecule has 0 spiro atoms. The van der Waals surface area contributed by atoms with Crippen LogP contribution in [0.5, 0.6) is 34.5 Å². The van der Waals surface area contributed by atoms with Gasteiger partial charge in [-0.1, -0.05) is 60.7 Å². The van der Waals surface area contributed by atoms with E-state index in [1.807, 2.05) is 117 Å². The average molecular weight is 554 g/mol. The van der Waals surface area contributed by atoms with Gasteiger partial charge < -0.3 is 14.2 Å². The fourth-order valence-electron chi connectivity index (χ4n) is 4.57. The molecule has 1 unspecified atom stereocenters. The standard InChI is InChI=1S/C35H31O4P.Li/c1-23-20-24(2)33(26(4)25(23)3)35(36)40-34-31(38-28-16-10-6-11-17-28)21-30(37-27-14-8-5-9-15-27)22-32(34)39-29-18-12-7-13-19-29;/h5-22,40H,1-4H3;/q;+1. The van der Waals surface area contributed by atoms with E-state index in [2.05, 4.69) is 19.9 Å². The number of rotatable bonds is 9. The molecule has 0 saturated carbocycles. The van der Waals surface area contributed by atoms with E-state index in [1.165, 1.54) is 5.56 Å². The van der Waals surface area contributed by atoms with Gasteiger partial charge in [0.05, 0.1) is 5.30 Å². The van der Waals surface area contributed by atoms with Crippen molar-refractivity contribution in [2.45, 2.75) is 27.7 Å². The van der Waals surface area contributed by atoms with Gasteiger partial charge in [0.1, 0.15) is 34.5 Å². The predicted molar refractivity (Wildman–Crippen MR) is 164 cm³/mol. The largest absolute Gasteiger partial charge is 1.00 e. The van der Waals surface area contributed by atoms with Gasteiger partial charge in [0.15, 0.2) is 5.52 Å². The number of benzene rings is 5. The van der Waals surface area contributed by atoms with Gasteiger partial charge in [0.25, 0.3) is 0 Å². The normalized spacial score (nSPS) is 10.7. The molecule has 0 radical (unpaired) electrons. The Balaban J connectivity index is 0.00000387. The van der Waals surface area contributed by atoms with Crippen LogP contribution in [-0.4, -0.2) is 5.52 Å². The predicted octanol–water partition coefficient (Wildman–Crippen LogP) is 6.45. The molecule has 6 heteroatoms. The maximum atomic E-state index is 14.0. The number of carbonyl (C=O) groups excluding carboxylic acids is 1. The smallest absolute Gasteiger partial charge is 0.457 e. The number of carbonyl (C=O) groups is 1. The van der Waals surface area contributed by atoms with Crippen molar-refractivity contribution in [3.05, 3.63) is 137 Å². The summed E-state index contributed by atoms with van der Waals surface area (Å²) in [6, 6.07) is 34.3. The summed E-state index contributed by atoms with van der Waals surface area (Å²) in [5, 5.41) is 0.676. The maximum absolute atomic E-state index is 14.0. The number of ether oxygens (including phenoxy) is 3. The molecule has 0 N–H and O–H groups in total. The summed E-state index contributed by atoms with van der Waals surface area (Å²) in [6.07, 6.45) is 0. The fraction of sp³-hybridized carbons (Fsp3) is 0.114. The number of hydrogen-bond acceptors (Lipinski definition) is 4. The van der Waals surface area contributed by atoms with Crippen molar-refractivity contribution in [3.8, 4) is 34.5 Å². The third kappa shape index (κ3) is 7.29. The van der Waals surface area contributed by atoms with Gasteiger partial charge in [-0.25, -0.2) is 0 Å². The zero-order chi connectivity index (χ0) is 28.1. The fourth-order valence-corrected chi connectivity index (χ4v) is 5.80. The SMILES string of the molecule is Cc1cc(C)c(C(=O)Pc2c(Oc3ccccc3)cc(Oc3ccccc3)cc2Oc2ccccc2)c(C)c1C.[Li+]. The van der Waals surface area contributed by atoms with Gasteiger partial charge in [-0.2, -0.15) is 0 Å². The zero-order valence-electron chi connectivity index (χ0n) is 24.0. The van der Waals surface area contributed by atoms with Crippen molar-refractivity contribution in [2.75, 3.05) is 0 Å². The van der Waals surface area contributed by atoms with Crippen LogP contribution in [0.2, 0.25) is 0 Å². The Hall–Kier alpha value is -3.80. The van der Waals surface area contributed by atoms with Crippen molar-refractivity contribution in [1.29, 1.82) is 0 Å². The Labute approximate surface area is 255 Å². The minimum atomic E-state index is -0.237. The first kappa shape index (κ1) is 30.2. The average Bonchev–Trinajstić information content (AvgIpc) is 2.95. The molecule has 41 heavy (non-hydrogen) atoms. The Morgan fingerprint density at radius 3 is 1.44 bits per heavy atom. The van der Waals surface area contributed by atoms with Gasteiger partial charge in [-0.05, 0) is 94.9 Å². The minimum absolute atomic E-state index is 0. The van der Waals surface area contributed by atoms with E-state index >= 15 is 0 Å². The monoisotopic (exact) mass is 553 g/mol. The van der Waals surface area contributed by atoms with Crippen LogP contribution < -0.4 is 38.4 Å². The third-order valence-electron chi connectivity index (χ3n) is 6.78. The van der Waals surface area contributed by atoms with E-state index in [4.69, 9.17) is 14.2 Å². The number of aryl methyl sites for hydroxylation is 2. The summed E-state index contributed by atoms with van der Waals surface area (Å²) >= 11 is 0. The van der Waals surface area contributed by atoms with Crippen LogP contribution in [0.15, 0.2) is 109 Å². The Kier molecular flexibility index (Phi) is 10.1. The molecule has 0 aliphatic rings. The van der Waals surface area contributed by atoms with E-state index in [1.54, 1.807) is 0 Å². The van der Waals surface area contributed by atoms with Crippen LogP contribution in [0.1, 0.15) is 32.6 Å². The summed E-state index contributed by atoms with van der Waals surface area (Å²) in [4.78, 5) is 14.0. The van der Waals surface area contributed by atoms with Crippen LogP contribution >= 0.6 is 8.58 Å². The molecule has 0 fully saturated rings. The van der Waals surface area contributed by atoms with Gasteiger partial charge in [-0.3, -0.25) is 4.79 Å². The van der Waals surface area contributed by atoms with E-state index in [0.29, 0.717) is 39.8 Å². The molecular formula is C35H31LiO4P+. The second kappa shape index (κ2) is 13.7. The van der Waals surface area contributed by atoms with Crippen molar-refractivity contribution in [2.24, 2.45) is 0 Å². The molecule has 0 bridgehead atoms. The molecule has 200 valence electrons. The molecule has 0 heterocycles.